The number of carbonyl (C=O) groups excluding carboxylic acids is 1. The Hall–Kier alpha value is -1.26. The molecule has 1 amide bonds. The molecule has 5 heteroatoms. The van der Waals surface area contributed by atoms with E-state index in [9.17, 15) is 14.7 Å². The van der Waals surface area contributed by atoms with Gasteiger partial charge in [0.15, 0.2) is 0 Å². The maximum atomic E-state index is 12.1. The predicted molar refractivity (Wildman–Crippen MR) is 76.5 cm³/mol. The van der Waals surface area contributed by atoms with E-state index >= 15 is 0 Å². The number of amides is 1. The van der Waals surface area contributed by atoms with Crippen LogP contribution in [0.15, 0.2) is 0 Å². The largest absolute Gasteiger partial charge is 0.481 e. The van der Waals surface area contributed by atoms with Gasteiger partial charge in [-0.15, -0.1) is 0 Å². The van der Waals surface area contributed by atoms with Crippen molar-refractivity contribution in [3.8, 4) is 0 Å². The van der Waals surface area contributed by atoms with Crippen molar-refractivity contribution in [2.45, 2.75) is 53.1 Å². The number of carbonyl (C=O) groups is 2. The summed E-state index contributed by atoms with van der Waals surface area (Å²) in [4.78, 5) is 25.0. The Morgan fingerprint density at radius 2 is 1.95 bits per heavy atom. The number of piperidine rings is 1. The highest BCUT2D eigenvalue weighted by Gasteiger charge is 2.37. The molecule has 1 N–H and O–H groups in total. The van der Waals surface area contributed by atoms with Gasteiger partial charge in [-0.2, -0.15) is 0 Å². The minimum Gasteiger partial charge on any atom is -0.481 e. The maximum absolute atomic E-state index is 12.1. The molecule has 20 heavy (non-hydrogen) atoms. The smallest absolute Gasteiger partial charge is 0.410 e. The molecule has 0 spiro atoms. The second-order valence-electron chi connectivity index (χ2n) is 7.05. The Morgan fingerprint density at radius 1 is 1.35 bits per heavy atom. The first-order chi connectivity index (χ1) is 9.10. The summed E-state index contributed by atoms with van der Waals surface area (Å²) in [6, 6.07) is 0. The number of rotatable bonds is 3. The van der Waals surface area contributed by atoms with Gasteiger partial charge in [0.05, 0.1) is 5.92 Å². The third kappa shape index (κ3) is 5.02. The van der Waals surface area contributed by atoms with Crippen LogP contribution in [0.25, 0.3) is 0 Å². The van der Waals surface area contributed by atoms with Crippen LogP contribution in [0.2, 0.25) is 0 Å². The summed E-state index contributed by atoms with van der Waals surface area (Å²) in [7, 11) is 0. The van der Waals surface area contributed by atoms with Crippen LogP contribution in [0, 0.1) is 17.8 Å². The van der Waals surface area contributed by atoms with Crippen molar-refractivity contribution >= 4 is 12.1 Å². The molecule has 0 radical (unpaired) electrons. The molecule has 0 saturated carbocycles. The average Bonchev–Trinajstić information content (AvgIpc) is 2.25. The topological polar surface area (TPSA) is 66.8 Å². The Kier molecular flexibility index (Phi) is 5.42. The van der Waals surface area contributed by atoms with Crippen molar-refractivity contribution in [1.82, 2.24) is 4.90 Å². The molecule has 1 aliphatic rings. The highest BCUT2D eigenvalue weighted by atomic mass is 16.6. The van der Waals surface area contributed by atoms with E-state index in [0.29, 0.717) is 25.4 Å². The molecule has 0 aliphatic carbocycles. The third-order valence-corrected chi connectivity index (χ3v) is 3.48. The number of hydrogen-bond donors (Lipinski definition) is 1. The van der Waals surface area contributed by atoms with Gasteiger partial charge in [0, 0.05) is 13.1 Å². The second-order valence-corrected chi connectivity index (χ2v) is 7.05. The zero-order valence-corrected chi connectivity index (χ0v) is 13.2. The SMILES string of the molecule is CC(C)CC1CN(C(=O)OC(C)(C)C)CCC1C(=O)O. The van der Waals surface area contributed by atoms with Crippen molar-refractivity contribution in [2.75, 3.05) is 13.1 Å². The molecule has 0 aromatic heterocycles. The Morgan fingerprint density at radius 3 is 2.40 bits per heavy atom. The molecule has 1 saturated heterocycles. The summed E-state index contributed by atoms with van der Waals surface area (Å²) < 4.78 is 5.37. The normalized spacial score (nSPS) is 23.8. The summed E-state index contributed by atoms with van der Waals surface area (Å²) in [6.45, 7) is 10.6. The van der Waals surface area contributed by atoms with Gasteiger partial charge in [0.2, 0.25) is 0 Å². The van der Waals surface area contributed by atoms with Crippen molar-refractivity contribution < 1.29 is 19.4 Å². The van der Waals surface area contributed by atoms with Crippen LogP contribution >= 0.6 is 0 Å². The van der Waals surface area contributed by atoms with Gasteiger partial charge in [0.1, 0.15) is 5.60 Å². The fraction of sp³-hybridized carbons (Fsp3) is 0.867. The van der Waals surface area contributed by atoms with Crippen LogP contribution in [-0.2, 0) is 9.53 Å². The molecule has 0 aromatic rings. The lowest BCUT2D eigenvalue weighted by atomic mass is 9.80. The van der Waals surface area contributed by atoms with Crippen LogP contribution in [0.1, 0.15) is 47.5 Å². The fourth-order valence-corrected chi connectivity index (χ4v) is 2.69. The highest BCUT2D eigenvalue weighted by molar-refractivity contribution is 5.72. The molecule has 0 bridgehead atoms. The molecule has 2 unspecified atom stereocenters. The molecule has 1 fully saturated rings. The molecule has 1 rings (SSSR count). The van der Waals surface area contributed by atoms with E-state index in [-0.39, 0.29) is 17.9 Å². The van der Waals surface area contributed by atoms with Gasteiger partial charge in [-0.3, -0.25) is 4.79 Å². The van der Waals surface area contributed by atoms with Gasteiger partial charge < -0.3 is 14.7 Å². The van der Waals surface area contributed by atoms with Crippen LogP contribution in [0.4, 0.5) is 4.79 Å². The zero-order valence-electron chi connectivity index (χ0n) is 13.2. The zero-order chi connectivity index (χ0) is 15.5. The number of nitrogens with zero attached hydrogens (tertiary/aromatic N) is 1. The van der Waals surface area contributed by atoms with E-state index < -0.39 is 11.6 Å². The summed E-state index contributed by atoms with van der Waals surface area (Å²) in [5, 5.41) is 9.30. The lowest BCUT2D eigenvalue weighted by Crippen LogP contribution is -2.47. The number of aliphatic carboxylic acids is 1. The van der Waals surface area contributed by atoms with E-state index in [1.54, 1.807) is 4.90 Å². The quantitative estimate of drug-likeness (QED) is 0.865. The minimum absolute atomic E-state index is 0.00812. The summed E-state index contributed by atoms with van der Waals surface area (Å²) >= 11 is 0. The molecule has 5 nitrogen and oxygen atoms in total. The molecule has 116 valence electrons. The maximum Gasteiger partial charge on any atom is 0.410 e. The first-order valence-corrected chi connectivity index (χ1v) is 7.31. The first-order valence-electron chi connectivity index (χ1n) is 7.31. The third-order valence-electron chi connectivity index (χ3n) is 3.48. The number of ether oxygens (including phenoxy) is 1. The fourth-order valence-electron chi connectivity index (χ4n) is 2.69. The Bertz CT molecular complexity index is 359. The van der Waals surface area contributed by atoms with Gasteiger partial charge in [-0.05, 0) is 45.4 Å². The summed E-state index contributed by atoms with van der Waals surface area (Å²) in [6.07, 6.45) is 0.984. The summed E-state index contributed by atoms with van der Waals surface area (Å²) in [5.74, 6) is -0.676. The lowest BCUT2D eigenvalue weighted by molar-refractivity contribution is -0.146. The predicted octanol–water partition coefficient (Wildman–Crippen LogP) is 2.99. The number of likely N-dealkylation sites (tertiary alicyclic amines) is 1. The van der Waals surface area contributed by atoms with E-state index in [1.165, 1.54) is 0 Å². The first kappa shape index (κ1) is 16.8. The average molecular weight is 285 g/mol. The number of carboxylic acid groups (broad SMARTS) is 1. The molecular formula is C15H27NO4. The lowest BCUT2D eigenvalue weighted by Gasteiger charge is -2.38. The van der Waals surface area contributed by atoms with Gasteiger partial charge >= 0.3 is 12.1 Å². The Labute approximate surface area is 121 Å². The molecule has 1 heterocycles. The van der Waals surface area contributed by atoms with Crippen molar-refractivity contribution in [3.63, 3.8) is 0 Å². The van der Waals surface area contributed by atoms with E-state index in [2.05, 4.69) is 13.8 Å². The van der Waals surface area contributed by atoms with Crippen molar-refractivity contribution in [3.05, 3.63) is 0 Å². The summed E-state index contributed by atoms with van der Waals surface area (Å²) in [5.41, 5.74) is -0.520. The standard InChI is InChI=1S/C15H27NO4/c1-10(2)8-11-9-16(7-6-12(11)13(17)18)14(19)20-15(3,4)5/h10-12H,6-9H2,1-5H3,(H,17,18). The van der Waals surface area contributed by atoms with Crippen molar-refractivity contribution in [1.29, 1.82) is 0 Å². The molecule has 0 aromatic carbocycles. The van der Waals surface area contributed by atoms with Crippen LogP contribution in [-0.4, -0.2) is 40.8 Å². The van der Waals surface area contributed by atoms with Crippen LogP contribution in [0.5, 0.6) is 0 Å². The van der Waals surface area contributed by atoms with Gasteiger partial charge in [-0.25, -0.2) is 4.79 Å². The van der Waals surface area contributed by atoms with Crippen LogP contribution < -0.4 is 0 Å². The highest BCUT2D eigenvalue weighted by Crippen LogP contribution is 2.30. The van der Waals surface area contributed by atoms with Crippen molar-refractivity contribution in [2.24, 2.45) is 17.8 Å². The van der Waals surface area contributed by atoms with E-state index in [1.807, 2.05) is 20.8 Å². The van der Waals surface area contributed by atoms with E-state index in [4.69, 9.17) is 4.74 Å². The Balaban J connectivity index is 2.70. The second kappa shape index (κ2) is 6.46. The van der Waals surface area contributed by atoms with Gasteiger partial charge in [-0.1, -0.05) is 13.8 Å². The minimum atomic E-state index is -0.750. The monoisotopic (exact) mass is 285 g/mol. The number of hydrogen-bond acceptors (Lipinski definition) is 3. The van der Waals surface area contributed by atoms with Gasteiger partial charge in [0.25, 0.3) is 0 Å². The molecular weight excluding hydrogens is 258 g/mol. The molecule has 1 aliphatic heterocycles. The number of carboxylic acids is 1. The van der Waals surface area contributed by atoms with E-state index in [0.717, 1.165) is 6.42 Å². The molecule has 2 atom stereocenters. The van der Waals surface area contributed by atoms with Crippen LogP contribution in [0.3, 0.4) is 0 Å².